The lowest BCUT2D eigenvalue weighted by Gasteiger charge is -2.29. The van der Waals surface area contributed by atoms with E-state index in [1.54, 1.807) is 0 Å². The fraction of sp³-hybridized carbons (Fsp3) is 0. The van der Waals surface area contributed by atoms with Gasteiger partial charge in [0.2, 0.25) is 0 Å². The van der Waals surface area contributed by atoms with E-state index in [0.29, 0.717) is 0 Å². The maximum atomic E-state index is 6.65. The summed E-state index contributed by atoms with van der Waals surface area (Å²) in [5, 5.41) is 7.21. The molecular formula is C58H38N2O. The molecule has 12 aromatic rings. The number of anilines is 3. The van der Waals surface area contributed by atoms with Crippen LogP contribution in [0, 0.1) is 0 Å². The first-order valence-corrected chi connectivity index (χ1v) is 20.8. The van der Waals surface area contributed by atoms with E-state index in [4.69, 9.17) is 4.42 Å². The summed E-state index contributed by atoms with van der Waals surface area (Å²) in [6, 6.07) is 82.9. The Bertz CT molecular complexity index is 3550. The average molecular weight is 779 g/mol. The van der Waals surface area contributed by atoms with Crippen molar-refractivity contribution in [2.45, 2.75) is 0 Å². The van der Waals surface area contributed by atoms with Gasteiger partial charge in [0.05, 0.1) is 16.7 Å². The van der Waals surface area contributed by atoms with Crippen molar-refractivity contribution in [2.75, 3.05) is 4.90 Å². The smallest absolute Gasteiger partial charge is 0.143 e. The fourth-order valence-corrected chi connectivity index (χ4v) is 9.40. The minimum Gasteiger partial charge on any atom is -0.455 e. The highest BCUT2D eigenvalue weighted by atomic mass is 16.3. The highest BCUT2D eigenvalue weighted by Gasteiger charge is 2.22. The Morgan fingerprint density at radius 2 is 0.902 bits per heavy atom. The van der Waals surface area contributed by atoms with E-state index < -0.39 is 0 Å². The van der Waals surface area contributed by atoms with Crippen molar-refractivity contribution >= 4 is 71.6 Å². The van der Waals surface area contributed by atoms with Gasteiger partial charge in [0.15, 0.2) is 0 Å². The van der Waals surface area contributed by atoms with Gasteiger partial charge in [-0.15, -0.1) is 0 Å². The number of hydrogen-bond donors (Lipinski definition) is 0. The summed E-state index contributed by atoms with van der Waals surface area (Å²) in [6.45, 7) is 0. The molecule has 0 N–H and O–H groups in total. The summed E-state index contributed by atoms with van der Waals surface area (Å²) in [5.41, 5.74) is 15.3. The van der Waals surface area contributed by atoms with Crippen LogP contribution >= 0.6 is 0 Å². The maximum Gasteiger partial charge on any atom is 0.143 e. The van der Waals surface area contributed by atoms with Gasteiger partial charge in [-0.25, -0.2) is 0 Å². The predicted molar refractivity (Wildman–Crippen MR) is 257 cm³/mol. The molecular weight excluding hydrogens is 741 g/mol. The minimum atomic E-state index is 0.884. The number of para-hydroxylation sites is 5. The van der Waals surface area contributed by atoms with Crippen molar-refractivity contribution in [3.05, 3.63) is 231 Å². The van der Waals surface area contributed by atoms with Gasteiger partial charge in [0.25, 0.3) is 0 Å². The molecule has 10 aromatic carbocycles. The quantitative estimate of drug-likeness (QED) is 0.161. The van der Waals surface area contributed by atoms with E-state index in [0.717, 1.165) is 66.9 Å². The lowest BCUT2D eigenvalue weighted by Crippen LogP contribution is -2.12. The van der Waals surface area contributed by atoms with Gasteiger partial charge in [0.1, 0.15) is 11.2 Å². The molecule has 286 valence electrons. The molecule has 0 radical (unpaired) electrons. The zero-order valence-electron chi connectivity index (χ0n) is 33.2. The van der Waals surface area contributed by atoms with Gasteiger partial charge in [-0.1, -0.05) is 176 Å². The number of fused-ring (bicyclic) bond motifs is 7. The van der Waals surface area contributed by atoms with Gasteiger partial charge < -0.3 is 13.9 Å². The van der Waals surface area contributed by atoms with Crippen LogP contribution in [0.5, 0.6) is 0 Å². The lowest BCUT2D eigenvalue weighted by molar-refractivity contribution is 0.670. The Morgan fingerprint density at radius 1 is 0.344 bits per heavy atom. The van der Waals surface area contributed by atoms with Gasteiger partial charge in [-0.05, 0) is 87.6 Å². The van der Waals surface area contributed by atoms with E-state index in [1.165, 1.54) is 43.7 Å². The van der Waals surface area contributed by atoms with Crippen molar-refractivity contribution in [3.8, 4) is 39.1 Å². The Balaban J connectivity index is 1.04. The van der Waals surface area contributed by atoms with Crippen LogP contribution in [0.4, 0.5) is 17.1 Å². The van der Waals surface area contributed by atoms with Crippen molar-refractivity contribution in [1.29, 1.82) is 0 Å². The molecule has 0 saturated carbocycles. The number of furan rings is 1. The molecule has 0 atom stereocenters. The van der Waals surface area contributed by atoms with Crippen molar-refractivity contribution in [1.82, 2.24) is 4.57 Å². The zero-order chi connectivity index (χ0) is 40.3. The van der Waals surface area contributed by atoms with Crippen molar-refractivity contribution in [3.63, 3.8) is 0 Å². The molecule has 12 rings (SSSR count). The van der Waals surface area contributed by atoms with Gasteiger partial charge in [-0.3, -0.25) is 0 Å². The Hall–Kier alpha value is -8.14. The zero-order valence-corrected chi connectivity index (χ0v) is 33.2. The van der Waals surface area contributed by atoms with Gasteiger partial charge in [0, 0.05) is 49.7 Å². The monoisotopic (exact) mass is 778 g/mol. The molecule has 2 heterocycles. The molecule has 0 amide bonds. The van der Waals surface area contributed by atoms with E-state index >= 15 is 0 Å². The molecule has 0 saturated heterocycles. The summed E-state index contributed by atoms with van der Waals surface area (Å²) in [4.78, 5) is 2.40. The van der Waals surface area contributed by atoms with Crippen molar-refractivity contribution in [2.24, 2.45) is 0 Å². The van der Waals surface area contributed by atoms with E-state index in [9.17, 15) is 0 Å². The fourth-order valence-electron chi connectivity index (χ4n) is 9.40. The van der Waals surface area contributed by atoms with Crippen LogP contribution in [0.1, 0.15) is 0 Å². The second kappa shape index (κ2) is 14.3. The standard InChI is InChI=1S/C58H38N2O/c1-2-21-46-40(15-1)16-12-26-47(46)41-35-33-39(34-36-41)42-17-11-18-43(37-42)59(44-19-13-20-45(38-44)60-55-30-8-3-22-48(55)49-23-4-9-31-56(49)60)54-29-7-5-24-50(54)52-27-14-28-53-51-25-6-10-32-57(51)61-58(52)53/h1-38H. The summed E-state index contributed by atoms with van der Waals surface area (Å²) in [6.07, 6.45) is 0. The Morgan fingerprint density at radius 3 is 1.72 bits per heavy atom. The molecule has 0 aliphatic heterocycles. The molecule has 0 aliphatic carbocycles. The third-order valence-electron chi connectivity index (χ3n) is 12.2. The predicted octanol–water partition coefficient (Wildman–Crippen LogP) is 16.3. The molecule has 0 bridgehead atoms. The van der Waals surface area contributed by atoms with Crippen LogP contribution in [0.15, 0.2) is 235 Å². The van der Waals surface area contributed by atoms with Crippen LogP contribution in [0.2, 0.25) is 0 Å². The lowest BCUT2D eigenvalue weighted by atomic mass is 9.96. The Kier molecular flexibility index (Phi) is 8.17. The van der Waals surface area contributed by atoms with Gasteiger partial charge >= 0.3 is 0 Å². The molecule has 0 fully saturated rings. The number of aromatic nitrogens is 1. The van der Waals surface area contributed by atoms with E-state index in [2.05, 4.69) is 234 Å². The highest BCUT2D eigenvalue weighted by molar-refractivity contribution is 6.11. The van der Waals surface area contributed by atoms with Crippen LogP contribution in [-0.4, -0.2) is 4.57 Å². The molecule has 61 heavy (non-hydrogen) atoms. The Labute approximate surface area is 353 Å². The number of rotatable bonds is 7. The SMILES string of the molecule is c1cc(-c2ccc(-c3cccc4ccccc34)cc2)cc(N(c2cccc(-n3c4ccccc4c4ccccc43)c2)c2ccccc2-c2cccc3c2oc2ccccc23)c1. The number of benzene rings is 10. The van der Waals surface area contributed by atoms with Crippen LogP contribution < -0.4 is 4.90 Å². The van der Waals surface area contributed by atoms with Crippen LogP contribution in [-0.2, 0) is 0 Å². The first-order valence-electron chi connectivity index (χ1n) is 20.8. The topological polar surface area (TPSA) is 21.3 Å². The molecule has 0 spiro atoms. The first kappa shape index (κ1) is 34.9. The summed E-state index contributed by atoms with van der Waals surface area (Å²) in [7, 11) is 0. The molecule has 2 aromatic heterocycles. The molecule has 0 unspecified atom stereocenters. The third kappa shape index (κ3) is 5.82. The summed E-state index contributed by atoms with van der Waals surface area (Å²) in [5.74, 6) is 0. The maximum absolute atomic E-state index is 6.65. The highest BCUT2D eigenvalue weighted by Crippen LogP contribution is 2.46. The summed E-state index contributed by atoms with van der Waals surface area (Å²) >= 11 is 0. The normalized spacial score (nSPS) is 11.6. The number of hydrogen-bond acceptors (Lipinski definition) is 2. The average Bonchev–Trinajstić information content (AvgIpc) is 3.88. The largest absolute Gasteiger partial charge is 0.455 e. The molecule has 3 heteroatoms. The number of nitrogens with zero attached hydrogens (tertiary/aromatic N) is 2. The second-order valence-corrected chi connectivity index (χ2v) is 15.7. The second-order valence-electron chi connectivity index (χ2n) is 15.7. The van der Waals surface area contributed by atoms with Crippen LogP contribution in [0.3, 0.4) is 0 Å². The van der Waals surface area contributed by atoms with Gasteiger partial charge in [-0.2, -0.15) is 0 Å². The molecule has 0 aliphatic rings. The third-order valence-corrected chi connectivity index (χ3v) is 12.2. The van der Waals surface area contributed by atoms with Crippen molar-refractivity contribution < 1.29 is 4.42 Å². The first-order chi connectivity index (χ1) is 30.3. The van der Waals surface area contributed by atoms with E-state index in [-0.39, 0.29) is 0 Å². The molecule has 3 nitrogen and oxygen atoms in total. The van der Waals surface area contributed by atoms with Crippen LogP contribution in [0.25, 0.3) is 93.6 Å². The minimum absolute atomic E-state index is 0.884. The van der Waals surface area contributed by atoms with E-state index in [1.807, 2.05) is 6.07 Å². The summed E-state index contributed by atoms with van der Waals surface area (Å²) < 4.78 is 9.04.